The Hall–Kier alpha value is -1.88. The van der Waals surface area contributed by atoms with Crippen LogP contribution in [0.3, 0.4) is 0 Å². The largest absolute Gasteiger partial charge is 0.353 e. The van der Waals surface area contributed by atoms with E-state index in [9.17, 15) is 9.59 Å². The summed E-state index contributed by atoms with van der Waals surface area (Å²) >= 11 is 0. The highest BCUT2D eigenvalue weighted by Gasteiger charge is 2.21. The minimum Gasteiger partial charge on any atom is -0.353 e. The predicted molar refractivity (Wildman–Crippen MR) is 114 cm³/mol. The highest BCUT2D eigenvalue weighted by molar-refractivity contribution is 5.79. The van der Waals surface area contributed by atoms with Crippen molar-refractivity contribution in [2.45, 2.75) is 65.5 Å². The third kappa shape index (κ3) is 8.01. The van der Waals surface area contributed by atoms with Gasteiger partial charge in [-0.2, -0.15) is 0 Å². The summed E-state index contributed by atoms with van der Waals surface area (Å²) < 4.78 is 0. The molecule has 0 aliphatic carbocycles. The fourth-order valence-electron chi connectivity index (χ4n) is 3.72. The van der Waals surface area contributed by atoms with E-state index < -0.39 is 0 Å². The van der Waals surface area contributed by atoms with Crippen LogP contribution < -0.4 is 5.32 Å². The van der Waals surface area contributed by atoms with Crippen LogP contribution in [0.25, 0.3) is 0 Å². The monoisotopic (exact) mass is 387 g/mol. The molecule has 28 heavy (non-hydrogen) atoms. The first kappa shape index (κ1) is 22.4. The Bertz CT molecular complexity index is 595. The molecule has 1 heterocycles. The third-order valence-corrected chi connectivity index (χ3v) is 5.24. The zero-order valence-corrected chi connectivity index (χ0v) is 17.8. The standard InChI is InChI=1S/C23H37N3O2/c1-4-13-26(23(28)17-19(2)3)16-12-22(27)24-21-10-14-25(15-11-21)18-20-8-6-5-7-9-20/h5-9,19,21H,4,10-18H2,1-3H3,(H,24,27). The Balaban J connectivity index is 1.69. The molecule has 1 N–H and O–H groups in total. The van der Waals surface area contributed by atoms with Gasteiger partial charge >= 0.3 is 0 Å². The van der Waals surface area contributed by atoms with Crippen LogP contribution >= 0.6 is 0 Å². The summed E-state index contributed by atoms with van der Waals surface area (Å²) in [6.07, 6.45) is 3.86. The number of nitrogens with one attached hydrogen (secondary N) is 1. The van der Waals surface area contributed by atoms with Gasteiger partial charge in [0.1, 0.15) is 0 Å². The van der Waals surface area contributed by atoms with Gasteiger partial charge in [0.25, 0.3) is 0 Å². The van der Waals surface area contributed by atoms with E-state index in [1.54, 1.807) is 0 Å². The average molecular weight is 388 g/mol. The van der Waals surface area contributed by atoms with Crippen molar-refractivity contribution in [3.8, 4) is 0 Å². The molecule has 2 rings (SSSR count). The number of piperidine rings is 1. The number of hydrogen-bond donors (Lipinski definition) is 1. The molecule has 0 radical (unpaired) electrons. The normalized spacial score (nSPS) is 15.6. The van der Waals surface area contributed by atoms with Crippen molar-refractivity contribution in [3.05, 3.63) is 35.9 Å². The van der Waals surface area contributed by atoms with Crippen LogP contribution in [0.1, 0.15) is 58.4 Å². The van der Waals surface area contributed by atoms with Gasteiger partial charge in [0.15, 0.2) is 0 Å². The molecule has 0 atom stereocenters. The SMILES string of the molecule is CCCN(CCC(=O)NC1CCN(Cc2ccccc2)CC1)C(=O)CC(C)C. The Kier molecular flexibility index (Phi) is 9.48. The number of likely N-dealkylation sites (tertiary alicyclic amines) is 1. The minimum absolute atomic E-state index is 0.0694. The van der Waals surface area contributed by atoms with Crippen LogP contribution in [-0.4, -0.2) is 53.8 Å². The third-order valence-electron chi connectivity index (χ3n) is 5.24. The van der Waals surface area contributed by atoms with Gasteiger partial charge in [0.2, 0.25) is 11.8 Å². The second-order valence-electron chi connectivity index (χ2n) is 8.33. The number of hydrogen-bond acceptors (Lipinski definition) is 3. The summed E-state index contributed by atoms with van der Waals surface area (Å²) in [4.78, 5) is 29.0. The Labute approximate surface area is 170 Å². The van der Waals surface area contributed by atoms with Gasteiger partial charge in [-0.1, -0.05) is 51.1 Å². The van der Waals surface area contributed by atoms with Crippen molar-refractivity contribution in [3.63, 3.8) is 0 Å². The molecule has 0 saturated carbocycles. The van der Waals surface area contributed by atoms with Crippen LogP contribution in [0.5, 0.6) is 0 Å². The quantitative estimate of drug-likeness (QED) is 0.669. The van der Waals surface area contributed by atoms with E-state index in [1.807, 2.05) is 11.0 Å². The van der Waals surface area contributed by atoms with Crippen molar-refractivity contribution in [1.82, 2.24) is 15.1 Å². The molecule has 1 aromatic carbocycles. The van der Waals surface area contributed by atoms with Crippen molar-refractivity contribution in [1.29, 1.82) is 0 Å². The molecular weight excluding hydrogens is 350 g/mol. The molecule has 5 heteroatoms. The molecule has 156 valence electrons. The van der Waals surface area contributed by atoms with Crippen molar-refractivity contribution < 1.29 is 9.59 Å². The van der Waals surface area contributed by atoms with Crippen molar-refractivity contribution in [2.24, 2.45) is 5.92 Å². The molecular formula is C23H37N3O2. The maximum Gasteiger partial charge on any atom is 0.222 e. The molecule has 0 unspecified atom stereocenters. The highest BCUT2D eigenvalue weighted by Crippen LogP contribution is 2.14. The Morgan fingerprint density at radius 1 is 1.14 bits per heavy atom. The minimum atomic E-state index is 0.0694. The number of carbonyl (C=O) groups is 2. The number of benzene rings is 1. The highest BCUT2D eigenvalue weighted by atomic mass is 16.2. The van der Waals surface area contributed by atoms with Gasteiger partial charge in [-0.25, -0.2) is 0 Å². The lowest BCUT2D eigenvalue weighted by atomic mass is 10.0. The second-order valence-corrected chi connectivity index (χ2v) is 8.33. The van der Waals surface area contributed by atoms with Gasteiger partial charge in [-0.05, 0) is 30.7 Å². The Morgan fingerprint density at radius 3 is 2.43 bits per heavy atom. The van der Waals surface area contributed by atoms with Crippen LogP contribution in [0, 0.1) is 5.92 Å². The molecule has 1 saturated heterocycles. The molecule has 1 fully saturated rings. The maximum absolute atomic E-state index is 12.4. The average Bonchev–Trinajstić information content (AvgIpc) is 2.67. The molecule has 2 amide bonds. The molecule has 0 aromatic heterocycles. The predicted octanol–water partition coefficient (Wildman–Crippen LogP) is 3.44. The van der Waals surface area contributed by atoms with Gasteiger partial charge < -0.3 is 10.2 Å². The first-order chi connectivity index (χ1) is 13.5. The maximum atomic E-state index is 12.4. The number of amides is 2. The lowest BCUT2D eigenvalue weighted by Crippen LogP contribution is -2.45. The van der Waals surface area contributed by atoms with E-state index >= 15 is 0 Å². The van der Waals surface area contributed by atoms with E-state index in [-0.39, 0.29) is 17.9 Å². The van der Waals surface area contributed by atoms with Crippen molar-refractivity contribution in [2.75, 3.05) is 26.2 Å². The van der Waals surface area contributed by atoms with Gasteiger partial charge in [0.05, 0.1) is 0 Å². The van der Waals surface area contributed by atoms with Gasteiger partial charge in [-0.3, -0.25) is 14.5 Å². The lowest BCUT2D eigenvalue weighted by Gasteiger charge is -2.32. The molecule has 1 aliphatic heterocycles. The first-order valence-corrected chi connectivity index (χ1v) is 10.8. The van der Waals surface area contributed by atoms with Gasteiger partial charge in [0, 0.05) is 51.6 Å². The summed E-state index contributed by atoms with van der Waals surface area (Å²) in [5.74, 6) is 0.584. The van der Waals surface area contributed by atoms with E-state index in [4.69, 9.17) is 0 Å². The summed E-state index contributed by atoms with van der Waals surface area (Å²) in [5, 5.41) is 3.18. The zero-order chi connectivity index (χ0) is 20.4. The smallest absolute Gasteiger partial charge is 0.222 e. The van der Waals surface area contributed by atoms with Crippen LogP contribution in [0.2, 0.25) is 0 Å². The van der Waals surface area contributed by atoms with E-state index in [1.165, 1.54) is 5.56 Å². The summed E-state index contributed by atoms with van der Waals surface area (Å²) in [6, 6.07) is 10.8. The van der Waals surface area contributed by atoms with Crippen LogP contribution in [-0.2, 0) is 16.1 Å². The molecule has 1 aliphatic rings. The summed E-state index contributed by atoms with van der Waals surface area (Å²) in [7, 11) is 0. The number of rotatable bonds is 10. The van der Waals surface area contributed by atoms with Crippen molar-refractivity contribution >= 4 is 11.8 Å². The second kappa shape index (κ2) is 11.8. The van der Waals surface area contributed by atoms with Crippen LogP contribution in [0.4, 0.5) is 0 Å². The molecule has 0 spiro atoms. The van der Waals surface area contributed by atoms with Gasteiger partial charge in [-0.15, -0.1) is 0 Å². The van der Waals surface area contributed by atoms with E-state index in [0.717, 1.165) is 45.4 Å². The van der Waals surface area contributed by atoms with Crippen LogP contribution in [0.15, 0.2) is 30.3 Å². The number of nitrogens with zero attached hydrogens (tertiary/aromatic N) is 2. The summed E-state index contributed by atoms with van der Waals surface area (Å²) in [5.41, 5.74) is 1.34. The fourth-order valence-corrected chi connectivity index (χ4v) is 3.72. The first-order valence-electron chi connectivity index (χ1n) is 10.8. The van der Waals surface area contributed by atoms with E-state index in [0.29, 0.717) is 25.3 Å². The molecule has 1 aromatic rings. The fraction of sp³-hybridized carbons (Fsp3) is 0.652. The number of carbonyl (C=O) groups excluding carboxylic acids is 2. The van der Waals surface area contributed by atoms with E-state index in [2.05, 4.69) is 55.3 Å². The molecule has 5 nitrogen and oxygen atoms in total. The lowest BCUT2D eigenvalue weighted by molar-refractivity contribution is -0.132. The zero-order valence-electron chi connectivity index (χ0n) is 17.8. The Morgan fingerprint density at radius 2 is 1.82 bits per heavy atom. The molecule has 0 bridgehead atoms. The topological polar surface area (TPSA) is 52.7 Å². The summed E-state index contributed by atoms with van der Waals surface area (Å²) in [6.45, 7) is 10.4.